The summed E-state index contributed by atoms with van der Waals surface area (Å²) in [5.74, 6) is 1.49. The standard InChI is InChI=1S/C24H35N2O5PS2/c1-19(27)25-32(33,34-5)31-18-30-23(16-26(2)3)17-29-24-12-7-6-10-21(24)14-13-20-9-8-11-22(15-20)28-4/h6-12,15,23H,13-14,16-18H2,1-5H3,(H,25,27,33). The van der Waals surface area contributed by atoms with Crippen molar-refractivity contribution in [2.24, 2.45) is 0 Å². The van der Waals surface area contributed by atoms with Gasteiger partial charge in [-0.25, -0.2) is 0 Å². The molecular formula is C24H35N2O5PS2. The van der Waals surface area contributed by atoms with Gasteiger partial charge in [0.05, 0.1) is 7.11 Å². The van der Waals surface area contributed by atoms with Crippen LogP contribution >= 0.6 is 17.0 Å². The van der Waals surface area contributed by atoms with Crippen molar-refractivity contribution in [3.63, 3.8) is 0 Å². The van der Waals surface area contributed by atoms with Crippen molar-refractivity contribution in [1.82, 2.24) is 9.99 Å². The Kier molecular flexibility index (Phi) is 12.4. The lowest BCUT2D eigenvalue weighted by molar-refractivity contribution is -0.117. The fourth-order valence-corrected chi connectivity index (χ4v) is 5.69. The average molecular weight is 527 g/mol. The molecule has 0 aliphatic carbocycles. The zero-order chi connectivity index (χ0) is 25.0. The lowest BCUT2D eigenvalue weighted by Gasteiger charge is -2.25. The van der Waals surface area contributed by atoms with E-state index < -0.39 is 5.62 Å². The van der Waals surface area contributed by atoms with Crippen LogP contribution in [-0.2, 0) is 38.7 Å². The first-order valence-corrected chi connectivity index (χ1v) is 15.5. The lowest BCUT2D eigenvalue weighted by Crippen LogP contribution is -2.34. The highest BCUT2D eigenvalue weighted by Crippen LogP contribution is 2.54. The van der Waals surface area contributed by atoms with Crippen LogP contribution in [0.5, 0.6) is 11.5 Å². The van der Waals surface area contributed by atoms with Gasteiger partial charge in [-0.3, -0.25) is 14.4 Å². The number of hydrogen-bond donors (Lipinski definition) is 1. The molecule has 0 aliphatic heterocycles. The third-order valence-corrected chi connectivity index (χ3v) is 10.3. The van der Waals surface area contributed by atoms with Crippen LogP contribution in [0.1, 0.15) is 18.1 Å². The molecule has 1 N–H and O–H groups in total. The van der Waals surface area contributed by atoms with E-state index >= 15 is 0 Å². The maximum atomic E-state index is 11.4. The molecule has 0 saturated carbocycles. The molecule has 2 rings (SSSR count). The summed E-state index contributed by atoms with van der Waals surface area (Å²) in [7, 11) is 5.63. The number of benzene rings is 2. The fourth-order valence-electron chi connectivity index (χ4n) is 3.22. The molecule has 2 unspecified atom stereocenters. The highest BCUT2D eigenvalue weighted by molar-refractivity contribution is 8.68. The van der Waals surface area contributed by atoms with E-state index in [9.17, 15) is 4.79 Å². The van der Waals surface area contributed by atoms with Gasteiger partial charge in [0, 0.05) is 13.5 Å². The summed E-state index contributed by atoms with van der Waals surface area (Å²) in [6, 6.07) is 16.2. The number of ether oxygens (including phenoxy) is 3. The molecule has 34 heavy (non-hydrogen) atoms. The maximum absolute atomic E-state index is 11.4. The van der Waals surface area contributed by atoms with Crippen molar-refractivity contribution in [3.8, 4) is 11.5 Å². The van der Waals surface area contributed by atoms with Crippen molar-refractivity contribution < 1.29 is 23.5 Å². The fraction of sp³-hybridized carbons (Fsp3) is 0.458. The molecule has 0 heterocycles. The van der Waals surface area contributed by atoms with Crippen molar-refractivity contribution in [3.05, 3.63) is 59.7 Å². The van der Waals surface area contributed by atoms with E-state index in [-0.39, 0.29) is 18.8 Å². The van der Waals surface area contributed by atoms with E-state index in [4.69, 9.17) is 30.5 Å². The van der Waals surface area contributed by atoms with Crippen LogP contribution in [0.25, 0.3) is 0 Å². The largest absolute Gasteiger partial charge is 0.497 e. The van der Waals surface area contributed by atoms with Crippen molar-refractivity contribution >= 4 is 34.7 Å². The predicted octanol–water partition coefficient (Wildman–Crippen LogP) is 4.50. The Morgan fingerprint density at radius 2 is 1.94 bits per heavy atom. The Morgan fingerprint density at radius 3 is 2.62 bits per heavy atom. The number of carbonyl (C=O) groups is 1. The van der Waals surface area contributed by atoms with Gasteiger partial charge in [-0.2, -0.15) is 0 Å². The number of aryl methyl sites for hydroxylation is 2. The highest BCUT2D eigenvalue weighted by atomic mass is 32.9. The summed E-state index contributed by atoms with van der Waals surface area (Å²) < 4.78 is 23.2. The zero-order valence-electron chi connectivity index (χ0n) is 20.5. The van der Waals surface area contributed by atoms with Gasteiger partial charge in [0.2, 0.25) is 11.5 Å². The number of carbonyl (C=O) groups excluding carboxylic acids is 1. The maximum Gasteiger partial charge on any atom is 0.222 e. The van der Waals surface area contributed by atoms with Gasteiger partial charge in [0.1, 0.15) is 24.2 Å². The third kappa shape index (κ3) is 10.3. The normalized spacial score (nSPS) is 13.8. The SMILES string of the molecule is COc1cccc(CCc2ccccc2OCC(CN(C)C)OCOP(=S)(NC(C)=O)SC)c1. The number of rotatable bonds is 15. The van der Waals surface area contributed by atoms with E-state index in [1.807, 2.05) is 55.6 Å². The van der Waals surface area contributed by atoms with E-state index in [0.717, 1.165) is 29.9 Å². The average Bonchev–Trinajstić information content (AvgIpc) is 2.81. The zero-order valence-corrected chi connectivity index (χ0v) is 23.0. The summed E-state index contributed by atoms with van der Waals surface area (Å²) in [5, 5.41) is 2.72. The van der Waals surface area contributed by atoms with Crippen molar-refractivity contribution in [2.75, 3.05) is 47.4 Å². The van der Waals surface area contributed by atoms with Gasteiger partial charge in [0.25, 0.3) is 0 Å². The minimum absolute atomic E-state index is 0.0161. The number of nitrogens with zero attached hydrogens (tertiary/aromatic N) is 1. The van der Waals surface area contributed by atoms with Crippen molar-refractivity contribution in [2.45, 2.75) is 25.9 Å². The van der Waals surface area contributed by atoms with Gasteiger partial charge in [-0.05, 0) is 74.3 Å². The van der Waals surface area contributed by atoms with Crippen LogP contribution in [0.3, 0.4) is 0 Å². The molecule has 2 aromatic rings. The number of amides is 1. The Balaban J connectivity index is 1.96. The number of likely N-dealkylation sites (N-methyl/N-ethyl adjacent to an activating group) is 1. The van der Waals surface area contributed by atoms with E-state index in [1.165, 1.54) is 23.9 Å². The molecule has 0 fully saturated rings. The molecule has 7 nitrogen and oxygen atoms in total. The quantitative estimate of drug-likeness (QED) is 0.269. The van der Waals surface area contributed by atoms with E-state index in [1.54, 1.807) is 7.11 Å². The second-order valence-corrected chi connectivity index (χ2v) is 14.6. The lowest BCUT2D eigenvalue weighted by atomic mass is 10.0. The molecule has 0 radical (unpaired) electrons. The third-order valence-electron chi connectivity index (χ3n) is 4.84. The summed E-state index contributed by atoms with van der Waals surface area (Å²) >= 11 is 6.78. The molecule has 10 heteroatoms. The summed E-state index contributed by atoms with van der Waals surface area (Å²) in [5.41, 5.74) is -0.169. The van der Waals surface area contributed by atoms with Crippen LogP contribution in [0.15, 0.2) is 48.5 Å². The molecule has 0 spiro atoms. The minimum Gasteiger partial charge on any atom is -0.497 e. The molecule has 2 aromatic carbocycles. The molecule has 1 amide bonds. The van der Waals surface area contributed by atoms with Crippen molar-refractivity contribution in [1.29, 1.82) is 0 Å². The number of para-hydroxylation sites is 1. The minimum atomic E-state index is -2.51. The predicted molar refractivity (Wildman–Crippen MR) is 143 cm³/mol. The van der Waals surface area contributed by atoms with Crippen LogP contribution in [0.2, 0.25) is 0 Å². The van der Waals surface area contributed by atoms with Crippen LogP contribution in [0, 0.1) is 0 Å². The number of nitrogens with one attached hydrogen (secondary N) is 1. The second-order valence-electron chi connectivity index (χ2n) is 7.92. The Morgan fingerprint density at radius 1 is 1.18 bits per heavy atom. The topological polar surface area (TPSA) is 69.3 Å². The first-order valence-electron chi connectivity index (χ1n) is 10.9. The van der Waals surface area contributed by atoms with E-state index in [2.05, 4.69) is 23.3 Å². The van der Waals surface area contributed by atoms with Gasteiger partial charge in [0.15, 0.2) is 6.79 Å². The van der Waals surface area contributed by atoms with Crippen LogP contribution in [0.4, 0.5) is 0 Å². The molecule has 0 saturated heterocycles. The molecule has 0 bridgehead atoms. The molecule has 0 aromatic heterocycles. The molecule has 0 aliphatic rings. The Labute approximate surface area is 212 Å². The first kappa shape index (κ1) is 28.6. The van der Waals surface area contributed by atoms with Gasteiger partial charge in [-0.15, -0.1) is 0 Å². The second kappa shape index (κ2) is 14.7. The van der Waals surface area contributed by atoms with Crippen LogP contribution < -0.4 is 14.6 Å². The highest BCUT2D eigenvalue weighted by Gasteiger charge is 2.20. The Hall–Kier alpha value is -1.61. The Bertz CT molecular complexity index is 960. The first-order chi connectivity index (χ1) is 16.2. The summed E-state index contributed by atoms with van der Waals surface area (Å²) in [6.07, 6.45) is 3.31. The number of methoxy groups -OCH3 is 1. The molecule has 2 atom stereocenters. The number of hydrogen-bond acceptors (Lipinski definition) is 8. The smallest absolute Gasteiger partial charge is 0.222 e. The summed E-state index contributed by atoms with van der Waals surface area (Å²) in [6.45, 7) is 2.42. The van der Waals surface area contributed by atoms with Gasteiger partial charge in [-0.1, -0.05) is 41.7 Å². The van der Waals surface area contributed by atoms with Gasteiger partial charge < -0.3 is 19.1 Å². The van der Waals surface area contributed by atoms with Crippen LogP contribution in [-0.4, -0.2) is 64.3 Å². The summed E-state index contributed by atoms with van der Waals surface area (Å²) in [4.78, 5) is 13.4. The molecule has 188 valence electrons. The van der Waals surface area contributed by atoms with E-state index in [0.29, 0.717) is 13.2 Å². The van der Waals surface area contributed by atoms with Gasteiger partial charge >= 0.3 is 0 Å². The molecular weight excluding hydrogens is 491 g/mol. The monoisotopic (exact) mass is 526 g/mol.